The Hall–Kier alpha value is -2.04. The molecule has 0 fully saturated rings. The molecule has 1 aromatic carbocycles. The molecule has 1 aromatic rings. The highest BCUT2D eigenvalue weighted by Crippen LogP contribution is 2.24. The fraction of sp³-hybridized carbons (Fsp3) is 0.500. The fourth-order valence-electron chi connectivity index (χ4n) is 2.84. The summed E-state index contributed by atoms with van der Waals surface area (Å²) >= 11 is 0. The molecule has 0 saturated carbocycles. The second-order valence-corrected chi connectivity index (χ2v) is 7.38. The molecule has 1 atom stereocenters. The lowest BCUT2D eigenvalue weighted by Gasteiger charge is -2.28. The highest BCUT2D eigenvalue weighted by molar-refractivity contribution is 7.87. The van der Waals surface area contributed by atoms with Crippen LogP contribution in [0.3, 0.4) is 0 Å². The van der Waals surface area contributed by atoms with Crippen molar-refractivity contribution in [3.05, 3.63) is 39.4 Å². The van der Waals surface area contributed by atoms with Gasteiger partial charge < -0.3 is 5.73 Å². The molecule has 9 nitrogen and oxygen atoms in total. The van der Waals surface area contributed by atoms with E-state index >= 15 is 0 Å². The van der Waals surface area contributed by atoms with Crippen molar-refractivity contribution in [3.63, 3.8) is 0 Å². The number of primary amides is 1. The van der Waals surface area contributed by atoms with E-state index in [1.54, 1.807) is 12.1 Å². The van der Waals surface area contributed by atoms with E-state index in [0.29, 0.717) is 19.5 Å². The van der Waals surface area contributed by atoms with Crippen LogP contribution in [0.4, 0.5) is 5.69 Å². The van der Waals surface area contributed by atoms with Gasteiger partial charge in [-0.25, -0.2) is 0 Å². The molecule has 1 unspecified atom stereocenters. The third-order valence-electron chi connectivity index (χ3n) is 4.11. The Kier molecular flexibility index (Phi) is 5.52. The number of hydrogen-bond acceptors (Lipinski definition) is 6. The van der Waals surface area contributed by atoms with Gasteiger partial charge in [-0.05, 0) is 36.9 Å². The van der Waals surface area contributed by atoms with Crippen molar-refractivity contribution in [3.8, 4) is 0 Å². The lowest BCUT2D eigenvalue weighted by atomic mass is 9.99. The summed E-state index contributed by atoms with van der Waals surface area (Å²) in [7, 11) is -4.50. The smallest absolute Gasteiger partial charge is 0.276 e. The fourth-order valence-corrected chi connectivity index (χ4v) is 3.60. The molecule has 0 bridgehead atoms. The first kappa shape index (κ1) is 18.3. The number of fused-ring (bicyclic) bond motifs is 1. The molecule has 3 N–H and O–H groups in total. The maximum absolute atomic E-state index is 11.1. The van der Waals surface area contributed by atoms with E-state index in [1.807, 2.05) is 4.90 Å². The minimum Gasteiger partial charge on any atom is -0.368 e. The molecular weight excluding hydrogens is 338 g/mol. The van der Waals surface area contributed by atoms with Crippen molar-refractivity contribution < 1.29 is 22.7 Å². The molecule has 1 aliphatic rings. The predicted octanol–water partition coefficient (Wildman–Crippen LogP) is 0.475. The SMILES string of the molecule is NC(=O)C(CCCN1CCc2ccc([N+](=O)[O-])cc2C1)S(=O)(=O)O. The molecule has 1 aliphatic heterocycles. The topological polar surface area (TPSA) is 144 Å². The van der Waals surface area contributed by atoms with Crippen LogP contribution in [-0.4, -0.2) is 47.0 Å². The van der Waals surface area contributed by atoms with Gasteiger partial charge in [-0.15, -0.1) is 0 Å². The van der Waals surface area contributed by atoms with E-state index in [9.17, 15) is 23.3 Å². The van der Waals surface area contributed by atoms with Gasteiger partial charge in [0.1, 0.15) is 0 Å². The number of nitrogens with zero attached hydrogens (tertiary/aromatic N) is 2. The number of amides is 1. The Morgan fingerprint density at radius 3 is 2.71 bits per heavy atom. The van der Waals surface area contributed by atoms with Crippen LogP contribution in [0.25, 0.3) is 0 Å². The second kappa shape index (κ2) is 7.24. The highest BCUT2D eigenvalue weighted by atomic mass is 32.2. The Labute approximate surface area is 139 Å². The molecule has 24 heavy (non-hydrogen) atoms. The van der Waals surface area contributed by atoms with Gasteiger partial charge in [-0.3, -0.25) is 24.4 Å². The number of non-ortho nitro benzene ring substituents is 1. The molecule has 2 rings (SSSR count). The lowest BCUT2D eigenvalue weighted by molar-refractivity contribution is -0.385. The third-order valence-corrected chi connectivity index (χ3v) is 5.30. The standard InChI is InChI=1S/C14H19N3O6S/c15-14(18)13(24(21,22)23)2-1-6-16-7-5-10-3-4-12(17(19)20)8-11(10)9-16/h3-4,8,13H,1-2,5-7,9H2,(H2,15,18)(H,21,22,23). The Morgan fingerprint density at radius 2 is 2.12 bits per heavy atom. The zero-order valence-corrected chi connectivity index (χ0v) is 13.7. The molecule has 1 heterocycles. The third kappa shape index (κ3) is 4.49. The predicted molar refractivity (Wildman–Crippen MR) is 85.8 cm³/mol. The molecule has 0 spiro atoms. The Bertz CT molecular complexity index is 749. The summed E-state index contributed by atoms with van der Waals surface area (Å²) < 4.78 is 31.2. The van der Waals surface area contributed by atoms with Crippen LogP contribution in [0.5, 0.6) is 0 Å². The van der Waals surface area contributed by atoms with E-state index in [1.165, 1.54) is 6.07 Å². The van der Waals surface area contributed by atoms with E-state index in [2.05, 4.69) is 0 Å². The van der Waals surface area contributed by atoms with Crippen LogP contribution in [0.2, 0.25) is 0 Å². The van der Waals surface area contributed by atoms with Crippen LogP contribution in [0, 0.1) is 10.1 Å². The molecule has 0 aliphatic carbocycles. The number of nitrogens with two attached hydrogens (primary N) is 1. The van der Waals surface area contributed by atoms with Gasteiger partial charge in [0.15, 0.2) is 5.25 Å². The quantitative estimate of drug-likeness (QED) is 0.410. The van der Waals surface area contributed by atoms with Gasteiger partial charge in [-0.2, -0.15) is 8.42 Å². The minimum atomic E-state index is -4.50. The minimum absolute atomic E-state index is 0.0377. The van der Waals surface area contributed by atoms with Gasteiger partial charge in [0.05, 0.1) is 4.92 Å². The molecule has 10 heteroatoms. The summed E-state index contributed by atoms with van der Waals surface area (Å²) in [4.78, 5) is 23.5. The summed E-state index contributed by atoms with van der Waals surface area (Å²) in [5.41, 5.74) is 6.96. The van der Waals surface area contributed by atoms with Crippen molar-refractivity contribution >= 4 is 21.7 Å². The highest BCUT2D eigenvalue weighted by Gasteiger charge is 2.28. The molecule has 132 valence electrons. The number of rotatable bonds is 7. The first-order valence-corrected chi connectivity index (χ1v) is 8.93. The van der Waals surface area contributed by atoms with E-state index in [4.69, 9.17) is 10.3 Å². The maximum atomic E-state index is 11.1. The molecule has 0 aromatic heterocycles. The number of carbonyl (C=O) groups is 1. The van der Waals surface area contributed by atoms with Gasteiger partial charge in [0, 0.05) is 25.2 Å². The molecular formula is C14H19N3O6S. The number of carbonyl (C=O) groups excluding carboxylic acids is 1. The van der Waals surface area contributed by atoms with Crippen molar-refractivity contribution in [2.45, 2.75) is 31.1 Å². The first-order valence-electron chi connectivity index (χ1n) is 7.42. The largest absolute Gasteiger partial charge is 0.368 e. The monoisotopic (exact) mass is 357 g/mol. The van der Waals surface area contributed by atoms with Crippen LogP contribution < -0.4 is 5.73 Å². The van der Waals surface area contributed by atoms with Crippen molar-refractivity contribution in [2.75, 3.05) is 13.1 Å². The second-order valence-electron chi connectivity index (χ2n) is 5.78. The number of hydrogen-bond donors (Lipinski definition) is 2. The van der Waals surface area contributed by atoms with Gasteiger partial charge in [0.2, 0.25) is 5.91 Å². The summed E-state index contributed by atoms with van der Waals surface area (Å²) in [6, 6.07) is 4.79. The average Bonchev–Trinajstić information content (AvgIpc) is 2.49. The zero-order chi connectivity index (χ0) is 17.9. The Balaban J connectivity index is 1.95. The lowest BCUT2D eigenvalue weighted by Crippen LogP contribution is -2.37. The maximum Gasteiger partial charge on any atom is 0.276 e. The van der Waals surface area contributed by atoms with Crippen LogP contribution >= 0.6 is 0 Å². The van der Waals surface area contributed by atoms with Crippen LogP contribution in [0.1, 0.15) is 24.0 Å². The van der Waals surface area contributed by atoms with E-state index in [-0.39, 0.29) is 12.1 Å². The zero-order valence-electron chi connectivity index (χ0n) is 12.9. The van der Waals surface area contributed by atoms with Crippen molar-refractivity contribution in [1.29, 1.82) is 0 Å². The van der Waals surface area contributed by atoms with Crippen molar-refractivity contribution in [1.82, 2.24) is 4.90 Å². The van der Waals surface area contributed by atoms with Gasteiger partial charge in [-0.1, -0.05) is 6.07 Å². The van der Waals surface area contributed by atoms with Crippen LogP contribution in [-0.2, 0) is 27.9 Å². The number of benzene rings is 1. The molecule has 0 radical (unpaired) electrons. The summed E-state index contributed by atoms with van der Waals surface area (Å²) in [5, 5.41) is 9.24. The van der Waals surface area contributed by atoms with Crippen molar-refractivity contribution in [2.24, 2.45) is 5.73 Å². The first-order chi connectivity index (χ1) is 11.2. The summed E-state index contributed by atoms with van der Waals surface area (Å²) in [5.74, 6) is -1.07. The van der Waals surface area contributed by atoms with E-state index in [0.717, 1.165) is 24.1 Å². The van der Waals surface area contributed by atoms with Gasteiger partial charge >= 0.3 is 0 Å². The summed E-state index contributed by atoms with van der Waals surface area (Å²) in [6.45, 7) is 1.75. The number of nitro groups is 1. The molecule has 1 amide bonds. The van der Waals surface area contributed by atoms with E-state index < -0.39 is 26.2 Å². The normalized spacial score (nSPS) is 16.4. The Morgan fingerprint density at radius 1 is 1.42 bits per heavy atom. The summed E-state index contributed by atoms with van der Waals surface area (Å²) in [6.07, 6.45) is 1.04. The molecule has 0 saturated heterocycles. The van der Waals surface area contributed by atoms with Crippen LogP contribution in [0.15, 0.2) is 18.2 Å². The average molecular weight is 357 g/mol. The number of nitro benzene ring substituents is 1. The van der Waals surface area contributed by atoms with Gasteiger partial charge in [0.25, 0.3) is 15.8 Å².